The second kappa shape index (κ2) is 5.43. The number of hydrogen-bond donors (Lipinski definition) is 3. The molecule has 0 saturated carbocycles. The Bertz CT molecular complexity index is 717. The minimum Gasteiger partial charge on any atom is -0.369 e. The molecule has 0 spiro atoms. The lowest BCUT2D eigenvalue weighted by Crippen LogP contribution is -2.13. The van der Waals surface area contributed by atoms with E-state index in [1.165, 1.54) is 5.69 Å². The lowest BCUT2D eigenvalue weighted by Gasteiger charge is -2.08. The molecule has 3 heterocycles. The highest BCUT2D eigenvalue weighted by Crippen LogP contribution is 2.26. The van der Waals surface area contributed by atoms with Gasteiger partial charge in [-0.15, -0.1) is 11.3 Å². The molecule has 0 aliphatic heterocycles. The molecule has 0 aliphatic rings. The highest BCUT2D eigenvalue weighted by molar-refractivity contribution is 7.16. The monoisotopic (exact) mass is 289 g/mol. The van der Waals surface area contributed by atoms with Crippen molar-refractivity contribution < 1.29 is 0 Å². The normalized spacial score (nSPS) is 10.9. The Morgan fingerprint density at radius 2 is 2.25 bits per heavy atom. The van der Waals surface area contributed by atoms with Gasteiger partial charge >= 0.3 is 0 Å². The van der Waals surface area contributed by atoms with Crippen molar-refractivity contribution in [2.75, 3.05) is 17.3 Å². The predicted octanol–water partition coefficient (Wildman–Crippen LogP) is 1.36. The number of nitrogen functional groups attached to an aromatic ring is 1. The molecule has 0 atom stereocenters. The van der Waals surface area contributed by atoms with Gasteiger partial charge in [0.25, 0.3) is 0 Å². The molecule has 104 valence electrons. The van der Waals surface area contributed by atoms with Gasteiger partial charge in [0, 0.05) is 31.9 Å². The van der Waals surface area contributed by atoms with E-state index in [9.17, 15) is 0 Å². The molecule has 3 rings (SSSR count). The van der Waals surface area contributed by atoms with Crippen LogP contribution in [0.5, 0.6) is 0 Å². The number of hydrazine groups is 1. The molecular weight excluding hydrogens is 274 g/mol. The predicted molar refractivity (Wildman–Crippen MR) is 80.6 cm³/mol. The first-order valence-corrected chi connectivity index (χ1v) is 7.08. The number of thiophene rings is 1. The van der Waals surface area contributed by atoms with Crippen molar-refractivity contribution >= 4 is 33.3 Å². The average molecular weight is 289 g/mol. The number of nitrogens with one attached hydrogen (secondary N) is 2. The largest absolute Gasteiger partial charge is 0.369 e. The molecule has 0 amide bonds. The maximum Gasteiger partial charge on any atom is 0.240 e. The van der Waals surface area contributed by atoms with Gasteiger partial charge in [-0.05, 0) is 17.5 Å². The molecule has 0 radical (unpaired) electrons. The fourth-order valence-corrected chi connectivity index (χ4v) is 2.77. The number of aryl methyl sites for hydroxylation is 1. The summed E-state index contributed by atoms with van der Waals surface area (Å²) in [5, 5.41) is 10.5. The molecule has 0 aliphatic carbocycles. The Balaban J connectivity index is 1.76. The zero-order valence-electron chi connectivity index (χ0n) is 11.0. The van der Waals surface area contributed by atoms with E-state index in [0.29, 0.717) is 5.95 Å². The topological polar surface area (TPSA) is 93.7 Å². The van der Waals surface area contributed by atoms with Gasteiger partial charge < -0.3 is 5.32 Å². The molecule has 20 heavy (non-hydrogen) atoms. The number of anilines is 2. The molecule has 8 heteroatoms. The van der Waals surface area contributed by atoms with Crippen LogP contribution in [0.1, 0.15) is 5.69 Å². The Kier molecular flexibility index (Phi) is 3.48. The lowest BCUT2D eigenvalue weighted by molar-refractivity contribution is 0.711. The van der Waals surface area contributed by atoms with E-state index in [1.54, 1.807) is 17.5 Å². The third-order valence-corrected chi connectivity index (χ3v) is 3.86. The molecule has 0 fully saturated rings. The summed E-state index contributed by atoms with van der Waals surface area (Å²) in [6.45, 7) is 0.769. The first kappa shape index (κ1) is 12.8. The Hall–Kier alpha value is -2.19. The highest BCUT2D eigenvalue weighted by atomic mass is 32.1. The summed E-state index contributed by atoms with van der Waals surface area (Å²) in [4.78, 5) is 9.58. The van der Waals surface area contributed by atoms with E-state index in [1.807, 2.05) is 29.2 Å². The van der Waals surface area contributed by atoms with E-state index in [4.69, 9.17) is 5.84 Å². The number of rotatable bonds is 5. The van der Waals surface area contributed by atoms with Crippen LogP contribution in [0.2, 0.25) is 0 Å². The highest BCUT2D eigenvalue weighted by Gasteiger charge is 2.08. The van der Waals surface area contributed by atoms with Gasteiger partial charge in [-0.2, -0.15) is 10.1 Å². The van der Waals surface area contributed by atoms with Gasteiger partial charge in [0.2, 0.25) is 5.95 Å². The molecule has 3 aromatic rings. The Labute approximate surface area is 119 Å². The first-order chi connectivity index (χ1) is 9.78. The van der Waals surface area contributed by atoms with Crippen LogP contribution < -0.4 is 16.6 Å². The van der Waals surface area contributed by atoms with Crippen molar-refractivity contribution in [3.05, 3.63) is 29.4 Å². The van der Waals surface area contributed by atoms with Crippen LogP contribution in [0.3, 0.4) is 0 Å². The Morgan fingerprint density at radius 3 is 3.00 bits per heavy atom. The molecule has 3 aromatic heterocycles. The van der Waals surface area contributed by atoms with Crippen molar-refractivity contribution in [2.45, 2.75) is 6.42 Å². The first-order valence-electron chi connectivity index (χ1n) is 6.20. The summed E-state index contributed by atoms with van der Waals surface area (Å²) in [5.74, 6) is 6.61. The van der Waals surface area contributed by atoms with Gasteiger partial charge in [0.05, 0.1) is 5.39 Å². The summed E-state index contributed by atoms with van der Waals surface area (Å²) in [7, 11) is 1.94. The maximum atomic E-state index is 5.39. The average Bonchev–Trinajstić information content (AvgIpc) is 3.07. The minimum absolute atomic E-state index is 0.419. The number of fused-ring (bicyclic) bond motifs is 1. The second-order valence-corrected chi connectivity index (χ2v) is 5.20. The molecule has 0 bridgehead atoms. The van der Waals surface area contributed by atoms with E-state index in [-0.39, 0.29) is 0 Å². The minimum atomic E-state index is 0.419. The fraction of sp³-hybridized carbons (Fsp3) is 0.250. The quantitative estimate of drug-likeness (QED) is 0.485. The third-order valence-electron chi connectivity index (χ3n) is 3.05. The summed E-state index contributed by atoms with van der Waals surface area (Å²) in [6.07, 6.45) is 2.67. The standard InChI is InChI=1S/C12H15N7S/c1-19-8(3-6-15-19)2-5-14-10-9-4-7-20-11(9)17-12(16-10)18-13/h3-4,6-7H,2,5,13H2,1H3,(H2,14,16,17,18). The van der Waals surface area contributed by atoms with E-state index >= 15 is 0 Å². The van der Waals surface area contributed by atoms with Gasteiger partial charge in [-0.1, -0.05) is 0 Å². The van der Waals surface area contributed by atoms with E-state index in [2.05, 4.69) is 25.8 Å². The molecule has 0 saturated heterocycles. The zero-order chi connectivity index (χ0) is 13.9. The van der Waals surface area contributed by atoms with Gasteiger partial charge in [-0.3, -0.25) is 10.1 Å². The fourth-order valence-electron chi connectivity index (χ4n) is 2.01. The Morgan fingerprint density at radius 1 is 1.35 bits per heavy atom. The summed E-state index contributed by atoms with van der Waals surface area (Å²) < 4.78 is 1.87. The molecular formula is C12H15N7S. The van der Waals surface area contributed by atoms with Crippen LogP contribution in [-0.2, 0) is 13.5 Å². The maximum absolute atomic E-state index is 5.39. The molecule has 0 unspecified atom stereocenters. The summed E-state index contributed by atoms with van der Waals surface area (Å²) in [6, 6.07) is 4.02. The lowest BCUT2D eigenvalue weighted by atomic mass is 10.3. The van der Waals surface area contributed by atoms with Crippen molar-refractivity contribution in [3.63, 3.8) is 0 Å². The van der Waals surface area contributed by atoms with Crippen LogP contribution in [0.4, 0.5) is 11.8 Å². The number of hydrogen-bond acceptors (Lipinski definition) is 7. The van der Waals surface area contributed by atoms with Crippen LogP contribution in [0, 0.1) is 0 Å². The van der Waals surface area contributed by atoms with Crippen molar-refractivity contribution in [3.8, 4) is 0 Å². The van der Waals surface area contributed by atoms with Crippen LogP contribution in [-0.4, -0.2) is 26.3 Å². The summed E-state index contributed by atoms with van der Waals surface area (Å²) in [5.41, 5.74) is 3.66. The number of nitrogens with two attached hydrogens (primary N) is 1. The van der Waals surface area contributed by atoms with Crippen molar-refractivity contribution in [1.29, 1.82) is 0 Å². The van der Waals surface area contributed by atoms with Crippen LogP contribution in [0.15, 0.2) is 23.7 Å². The zero-order valence-corrected chi connectivity index (χ0v) is 11.8. The summed E-state index contributed by atoms with van der Waals surface area (Å²) >= 11 is 1.56. The molecule has 4 N–H and O–H groups in total. The third kappa shape index (κ3) is 2.43. The van der Waals surface area contributed by atoms with Gasteiger partial charge in [0.1, 0.15) is 10.6 Å². The van der Waals surface area contributed by atoms with Crippen molar-refractivity contribution in [2.24, 2.45) is 12.9 Å². The van der Waals surface area contributed by atoms with Gasteiger partial charge in [-0.25, -0.2) is 10.8 Å². The number of aromatic nitrogens is 4. The van der Waals surface area contributed by atoms with Crippen molar-refractivity contribution in [1.82, 2.24) is 19.7 Å². The van der Waals surface area contributed by atoms with Gasteiger partial charge in [0.15, 0.2) is 0 Å². The number of nitrogens with zero attached hydrogens (tertiary/aromatic N) is 4. The second-order valence-electron chi connectivity index (χ2n) is 4.30. The smallest absolute Gasteiger partial charge is 0.240 e. The van der Waals surface area contributed by atoms with E-state index in [0.717, 1.165) is 29.0 Å². The van der Waals surface area contributed by atoms with Crippen LogP contribution >= 0.6 is 11.3 Å². The molecule has 0 aromatic carbocycles. The SMILES string of the molecule is Cn1nccc1CCNc1nc(NN)nc2sccc12. The van der Waals surface area contributed by atoms with E-state index < -0.39 is 0 Å². The molecule has 7 nitrogen and oxygen atoms in total. The van der Waals surface area contributed by atoms with Crippen LogP contribution in [0.25, 0.3) is 10.2 Å².